The largest absolute Gasteiger partial charge is 0.304 e. The van der Waals surface area contributed by atoms with Gasteiger partial charge < -0.3 is 4.90 Å². The molecule has 0 radical (unpaired) electrons. The molecule has 0 aliphatic heterocycles. The van der Waals surface area contributed by atoms with Crippen molar-refractivity contribution in [1.82, 2.24) is 4.90 Å². The van der Waals surface area contributed by atoms with Crippen LogP contribution in [0.3, 0.4) is 0 Å². The molecule has 0 saturated carbocycles. The summed E-state index contributed by atoms with van der Waals surface area (Å²) in [5, 5.41) is 0. The monoisotopic (exact) mass is 257 g/mol. The molecule has 0 aliphatic rings. The Morgan fingerprint density at radius 1 is 1.17 bits per heavy atom. The highest BCUT2D eigenvalue weighted by Crippen LogP contribution is 2.07. The smallest absolute Gasteiger partial charge is 0.129 e. The summed E-state index contributed by atoms with van der Waals surface area (Å²) < 4.78 is 0. The van der Waals surface area contributed by atoms with Gasteiger partial charge in [0, 0.05) is 12.1 Å². The predicted molar refractivity (Wildman–Crippen MR) is 84.1 cm³/mol. The van der Waals surface area contributed by atoms with Crippen LogP contribution in [0.4, 0.5) is 0 Å². The minimum atomic E-state index is -1.31. The summed E-state index contributed by atoms with van der Waals surface area (Å²) in [7, 11) is 2.85. The van der Waals surface area contributed by atoms with Gasteiger partial charge in [0.05, 0.1) is 0 Å². The van der Waals surface area contributed by atoms with E-state index in [0.717, 1.165) is 6.54 Å². The van der Waals surface area contributed by atoms with Gasteiger partial charge in [-0.3, -0.25) is 0 Å². The standard InChI is InChI=1S/C16H23NSi/c1-17(2)14-16(11-12-18(3,4)5)13-15-9-7-6-8-10-15/h6-10,13H,14H2,1-5H3/b16-13+. The Morgan fingerprint density at radius 2 is 1.78 bits per heavy atom. The van der Waals surface area contributed by atoms with Gasteiger partial charge in [0.1, 0.15) is 8.07 Å². The van der Waals surface area contributed by atoms with Gasteiger partial charge in [-0.05, 0) is 25.7 Å². The molecule has 0 bridgehead atoms. The van der Waals surface area contributed by atoms with E-state index in [1.807, 2.05) is 6.07 Å². The Balaban J connectivity index is 2.98. The minimum absolute atomic E-state index is 0.895. The van der Waals surface area contributed by atoms with Crippen molar-refractivity contribution < 1.29 is 0 Å². The van der Waals surface area contributed by atoms with Crippen molar-refractivity contribution in [1.29, 1.82) is 0 Å². The molecule has 1 nitrogen and oxygen atoms in total. The van der Waals surface area contributed by atoms with Gasteiger partial charge in [0.15, 0.2) is 0 Å². The highest BCUT2D eigenvalue weighted by Gasteiger charge is 2.08. The molecule has 0 aliphatic carbocycles. The zero-order chi connectivity index (χ0) is 13.6. The van der Waals surface area contributed by atoms with Gasteiger partial charge >= 0.3 is 0 Å². The van der Waals surface area contributed by atoms with Crippen LogP contribution in [0, 0.1) is 11.5 Å². The van der Waals surface area contributed by atoms with Crippen molar-refractivity contribution >= 4 is 14.1 Å². The second-order valence-electron chi connectivity index (χ2n) is 5.82. The van der Waals surface area contributed by atoms with Crippen molar-refractivity contribution in [2.45, 2.75) is 19.6 Å². The number of hydrogen-bond donors (Lipinski definition) is 0. The maximum absolute atomic E-state index is 3.44. The SMILES string of the molecule is CN(C)C/C(C#C[Si](C)(C)C)=C/c1ccccc1. The molecule has 1 rings (SSSR count). The molecular weight excluding hydrogens is 234 g/mol. The van der Waals surface area contributed by atoms with E-state index in [2.05, 4.69) is 80.4 Å². The molecule has 0 unspecified atom stereocenters. The van der Waals surface area contributed by atoms with Crippen LogP contribution < -0.4 is 0 Å². The molecule has 0 amide bonds. The van der Waals surface area contributed by atoms with Crippen LogP contribution >= 0.6 is 0 Å². The molecule has 1 aromatic carbocycles. The Hall–Kier alpha value is -1.30. The fourth-order valence-electron chi connectivity index (χ4n) is 1.48. The lowest BCUT2D eigenvalue weighted by Gasteiger charge is -2.10. The molecule has 18 heavy (non-hydrogen) atoms. The van der Waals surface area contributed by atoms with Gasteiger partial charge in [-0.2, -0.15) is 0 Å². The first-order chi connectivity index (χ1) is 8.37. The van der Waals surface area contributed by atoms with E-state index in [9.17, 15) is 0 Å². The lowest BCUT2D eigenvalue weighted by Crippen LogP contribution is -2.18. The van der Waals surface area contributed by atoms with Crippen molar-refractivity contribution in [3.8, 4) is 11.5 Å². The van der Waals surface area contributed by atoms with E-state index >= 15 is 0 Å². The summed E-state index contributed by atoms with van der Waals surface area (Å²) in [5.41, 5.74) is 5.85. The summed E-state index contributed by atoms with van der Waals surface area (Å²) in [6.45, 7) is 7.72. The average molecular weight is 257 g/mol. The molecule has 0 atom stereocenters. The van der Waals surface area contributed by atoms with Crippen LogP contribution in [0.15, 0.2) is 35.9 Å². The summed E-state index contributed by atoms with van der Waals surface area (Å²) in [4.78, 5) is 2.16. The number of hydrogen-bond acceptors (Lipinski definition) is 1. The summed E-state index contributed by atoms with van der Waals surface area (Å²) in [6.07, 6.45) is 2.19. The minimum Gasteiger partial charge on any atom is -0.304 e. The molecule has 0 saturated heterocycles. The molecule has 0 aromatic heterocycles. The van der Waals surface area contributed by atoms with Crippen LogP contribution in [-0.4, -0.2) is 33.6 Å². The molecular formula is C16H23NSi. The number of nitrogens with zero attached hydrogens (tertiary/aromatic N) is 1. The molecule has 0 spiro atoms. The van der Waals surface area contributed by atoms with Crippen molar-refractivity contribution in [2.75, 3.05) is 20.6 Å². The Labute approximate surface area is 113 Å². The lowest BCUT2D eigenvalue weighted by molar-refractivity contribution is 0.451. The molecule has 0 fully saturated rings. The fourth-order valence-corrected chi connectivity index (χ4v) is 2.02. The molecule has 0 N–H and O–H groups in total. The predicted octanol–water partition coefficient (Wildman–Crippen LogP) is 3.51. The van der Waals surface area contributed by atoms with Crippen LogP contribution in [0.5, 0.6) is 0 Å². The van der Waals surface area contributed by atoms with Crippen LogP contribution in [-0.2, 0) is 0 Å². The van der Waals surface area contributed by atoms with Crippen LogP contribution in [0.2, 0.25) is 19.6 Å². The second-order valence-corrected chi connectivity index (χ2v) is 10.6. The highest BCUT2D eigenvalue weighted by atomic mass is 28.3. The van der Waals surface area contributed by atoms with E-state index in [4.69, 9.17) is 0 Å². The first-order valence-electron chi connectivity index (χ1n) is 6.30. The number of benzene rings is 1. The topological polar surface area (TPSA) is 3.24 Å². The van der Waals surface area contributed by atoms with Crippen molar-refractivity contribution in [3.05, 3.63) is 41.5 Å². The zero-order valence-electron chi connectivity index (χ0n) is 12.1. The quantitative estimate of drug-likeness (QED) is 0.591. The fraction of sp³-hybridized carbons (Fsp3) is 0.375. The summed E-state index contributed by atoms with van der Waals surface area (Å²) in [6, 6.07) is 10.4. The maximum atomic E-state index is 3.44. The van der Waals surface area contributed by atoms with E-state index in [1.54, 1.807) is 0 Å². The van der Waals surface area contributed by atoms with Crippen molar-refractivity contribution in [3.63, 3.8) is 0 Å². The maximum Gasteiger partial charge on any atom is 0.129 e. The van der Waals surface area contributed by atoms with Gasteiger partial charge in [-0.1, -0.05) is 55.9 Å². The highest BCUT2D eigenvalue weighted by molar-refractivity contribution is 6.83. The Morgan fingerprint density at radius 3 is 2.28 bits per heavy atom. The van der Waals surface area contributed by atoms with Gasteiger partial charge in [0.25, 0.3) is 0 Å². The van der Waals surface area contributed by atoms with Gasteiger partial charge in [0.2, 0.25) is 0 Å². The van der Waals surface area contributed by atoms with E-state index in [1.165, 1.54) is 11.1 Å². The second kappa shape index (κ2) is 6.58. The molecule has 0 heterocycles. The Kier molecular flexibility index (Phi) is 5.40. The first kappa shape index (κ1) is 14.8. The Bertz CT molecular complexity index is 455. The molecule has 1 aromatic rings. The van der Waals surface area contributed by atoms with Crippen LogP contribution in [0.25, 0.3) is 6.08 Å². The van der Waals surface area contributed by atoms with E-state index in [0.29, 0.717) is 0 Å². The van der Waals surface area contributed by atoms with Crippen molar-refractivity contribution in [2.24, 2.45) is 0 Å². The normalized spacial score (nSPS) is 12.2. The number of rotatable bonds is 3. The zero-order valence-corrected chi connectivity index (χ0v) is 13.1. The molecule has 96 valence electrons. The van der Waals surface area contributed by atoms with E-state index in [-0.39, 0.29) is 0 Å². The third-order valence-electron chi connectivity index (χ3n) is 2.23. The summed E-state index contributed by atoms with van der Waals surface area (Å²) >= 11 is 0. The van der Waals surface area contributed by atoms with Crippen LogP contribution in [0.1, 0.15) is 5.56 Å². The third-order valence-corrected chi connectivity index (χ3v) is 3.10. The third kappa shape index (κ3) is 6.44. The molecule has 2 heteroatoms. The van der Waals surface area contributed by atoms with Gasteiger partial charge in [-0.15, -0.1) is 5.54 Å². The van der Waals surface area contributed by atoms with E-state index < -0.39 is 8.07 Å². The first-order valence-corrected chi connectivity index (χ1v) is 9.80. The van der Waals surface area contributed by atoms with Gasteiger partial charge in [-0.25, -0.2) is 0 Å². The number of likely N-dealkylation sites (N-methyl/N-ethyl adjacent to an activating group) is 1. The summed E-state index contributed by atoms with van der Waals surface area (Å²) in [5.74, 6) is 3.37. The average Bonchev–Trinajstić information content (AvgIpc) is 2.25. The lowest BCUT2D eigenvalue weighted by atomic mass is 10.1.